The molecule has 0 spiro atoms. The van der Waals surface area contributed by atoms with Crippen molar-refractivity contribution in [3.8, 4) is 0 Å². The van der Waals surface area contributed by atoms with Gasteiger partial charge in [0, 0.05) is 25.2 Å². The normalized spacial score (nSPS) is 27.9. The summed E-state index contributed by atoms with van der Waals surface area (Å²) in [6.07, 6.45) is 5.62. The summed E-state index contributed by atoms with van der Waals surface area (Å²) >= 11 is 0. The predicted molar refractivity (Wildman–Crippen MR) is 80.3 cm³/mol. The first kappa shape index (κ1) is 13.1. The second-order valence-corrected chi connectivity index (χ2v) is 6.31. The molecule has 2 nitrogen and oxygen atoms in total. The SMILES string of the molecule is CNC(CCN1CC2CCC1C2)c1ccccc1C. The van der Waals surface area contributed by atoms with E-state index < -0.39 is 0 Å². The maximum Gasteiger partial charge on any atom is 0.0332 e. The van der Waals surface area contributed by atoms with E-state index in [2.05, 4.69) is 48.5 Å². The van der Waals surface area contributed by atoms with Crippen LogP contribution in [0.15, 0.2) is 24.3 Å². The van der Waals surface area contributed by atoms with Crippen molar-refractivity contribution in [2.24, 2.45) is 5.92 Å². The Bertz CT molecular complexity index is 429. The van der Waals surface area contributed by atoms with Crippen molar-refractivity contribution in [3.63, 3.8) is 0 Å². The maximum atomic E-state index is 3.50. The summed E-state index contributed by atoms with van der Waals surface area (Å²) < 4.78 is 0. The highest BCUT2D eigenvalue weighted by Gasteiger charge is 2.37. The highest BCUT2D eigenvalue weighted by Crippen LogP contribution is 2.37. The summed E-state index contributed by atoms with van der Waals surface area (Å²) in [7, 11) is 2.09. The van der Waals surface area contributed by atoms with E-state index in [0.717, 1.165) is 12.0 Å². The topological polar surface area (TPSA) is 15.3 Å². The summed E-state index contributed by atoms with van der Waals surface area (Å²) in [5.41, 5.74) is 2.87. The van der Waals surface area contributed by atoms with E-state index in [1.54, 1.807) is 0 Å². The zero-order chi connectivity index (χ0) is 13.2. The zero-order valence-electron chi connectivity index (χ0n) is 12.2. The number of hydrogen-bond acceptors (Lipinski definition) is 2. The third kappa shape index (κ3) is 2.70. The average Bonchev–Trinajstić information content (AvgIpc) is 3.03. The van der Waals surface area contributed by atoms with Crippen LogP contribution in [-0.4, -0.2) is 31.1 Å². The first-order chi connectivity index (χ1) is 9.28. The lowest BCUT2D eigenvalue weighted by Crippen LogP contribution is -2.34. The number of piperidine rings is 1. The van der Waals surface area contributed by atoms with Crippen LogP contribution in [0, 0.1) is 12.8 Å². The fourth-order valence-electron chi connectivity index (χ4n) is 4.03. The molecule has 1 aliphatic heterocycles. The average molecular weight is 258 g/mol. The predicted octanol–water partition coefficient (Wildman–Crippen LogP) is 3.13. The van der Waals surface area contributed by atoms with E-state index in [1.807, 2.05) is 0 Å². The molecule has 2 bridgehead atoms. The van der Waals surface area contributed by atoms with E-state index in [1.165, 1.54) is 49.9 Å². The molecule has 2 fully saturated rings. The molecule has 0 radical (unpaired) electrons. The van der Waals surface area contributed by atoms with Gasteiger partial charge < -0.3 is 10.2 Å². The second-order valence-electron chi connectivity index (χ2n) is 6.31. The molecule has 1 heterocycles. The number of nitrogens with one attached hydrogen (secondary N) is 1. The van der Waals surface area contributed by atoms with E-state index in [-0.39, 0.29) is 0 Å². The highest BCUT2D eigenvalue weighted by atomic mass is 15.2. The molecule has 0 aromatic heterocycles. The molecule has 19 heavy (non-hydrogen) atoms. The Morgan fingerprint density at radius 3 is 2.79 bits per heavy atom. The van der Waals surface area contributed by atoms with Gasteiger partial charge in [-0.15, -0.1) is 0 Å². The van der Waals surface area contributed by atoms with Crippen molar-refractivity contribution in [2.75, 3.05) is 20.1 Å². The Morgan fingerprint density at radius 1 is 1.32 bits per heavy atom. The van der Waals surface area contributed by atoms with Gasteiger partial charge in [0.2, 0.25) is 0 Å². The monoisotopic (exact) mass is 258 g/mol. The largest absolute Gasteiger partial charge is 0.313 e. The van der Waals surface area contributed by atoms with Gasteiger partial charge in [-0.05, 0) is 56.7 Å². The van der Waals surface area contributed by atoms with E-state index in [4.69, 9.17) is 0 Å². The molecule has 1 aromatic rings. The molecule has 3 atom stereocenters. The van der Waals surface area contributed by atoms with Crippen LogP contribution in [0.5, 0.6) is 0 Å². The Balaban J connectivity index is 1.60. The Labute approximate surface area is 117 Å². The molecule has 2 aliphatic rings. The van der Waals surface area contributed by atoms with Gasteiger partial charge in [-0.1, -0.05) is 24.3 Å². The number of fused-ring (bicyclic) bond motifs is 2. The lowest BCUT2D eigenvalue weighted by molar-refractivity contribution is 0.203. The Kier molecular flexibility index (Phi) is 3.90. The fraction of sp³-hybridized carbons (Fsp3) is 0.647. The van der Waals surface area contributed by atoms with Crippen LogP contribution in [0.4, 0.5) is 0 Å². The van der Waals surface area contributed by atoms with Crippen molar-refractivity contribution in [1.29, 1.82) is 0 Å². The van der Waals surface area contributed by atoms with Crippen LogP contribution >= 0.6 is 0 Å². The van der Waals surface area contributed by atoms with Gasteiger partial charge in [-0.25, -0.2) is 0 Å². The third-order valence-corrected chi connectivity index (χ3v) is 5.14. The van der Waals surface area contributed by atoms with Crippen molar-refractivity contribution in [2.45, 2.75) is 44.7 Å². The second kappa shape index (κ2) is 5.64. The standard InChI is InChI=1S/C17H26N2/c1-13-5-3-4-6-16(13)17(18-2)9-10-19-12-14-7-8-15(19)11-14/h3-6,14-15,17-18H,7-12H2,1-2H3. The smallest absolute Gasteiger partial charge is 0.0332 e. The van der Waals surface area contributed by atoms with Crippen molar-refractivity contribution in [1.82, 2.24) is 10.2 Å². The first-order valence-electron chi connectivity index (χ1n) is 7.74. The maximum absolute atomic E-state index is 3.50. The molecule has 1 saturated heterocycles. The Morgan fingerprint density at radius 2 is 2.16 bits per heavy atom. The minimum atomic E-state index is 0.500. The summed E-state index contributed by atoms with van der Waals surface area (Å²) in [4.78, 5) is 2.73. The van der Waals surface area contributed by atoms with Gasteiger partial charge in [0.05, 0.1) is 0 Å². The molecule has 0 amide bonds. The Hall–Kier alpha value is -0.860. The van der Waals surface area contributed by atoms with Crippen LogP contribution in [-0.2, 0) is 0 Å². The van der Waals surface area contributed by atoms with Gasteiger partial charge in [0.25, 0.3) is 0 Å². The molecule has 3 rings (SSSR count). The molecule has 1 N–H and O–H groups in total. The number of nitrogens with zero attached hydrogens (tertiary/aromatic N) is 1. The van der Waals surface area contributed by atoms with E-state index in [9.17, 15) is 0 Å². The minimum Gasteiger partial charge on any atom is -0.313 e. The summed E-state index contributed by atoms with van der Waals surface area (Å²) in [6, 6.07) is 10.2. The lowest BCUT2D eigenvalue weighted by atomic mass is 9.98. The molecular weight excluding hydrogens is 232 g/mol. The van der Waals surface area contributed by atoms with Crippen molar-refractivity contribution >= 4 is 0 Å². The van der Waals surface area contributed by atoms with Gasteiger partial charge >= 0.3 is 0 Å². The lowest BCUT2D eigenvalue weighted by Gasteiger charge is -2.29. The van der Waals surface area contributed by atoms with E-state index >= 15 is 0 Å². The molecule has 1 aromatic carbocycles. The third-order valence-electron chi connectivity index (χ3n) is 5.14. The summed E-state index contributed by atoms with van der Waals surface area (Å²) in [5.74, 6) is 1.01. The van der Waals surface area contributed by atoms with Crippen molar-refractivity contribution < 1.29 is 0 Å². The molecule has 1 saturated carbocycles. The summed E-state index contributed by atoms with van der Waals surface area (Å²) in [5, 5.41) is 3.50. The van der Waals surface area contributed by atoms with Crippen LogP contribution in [0.2, 0.25) is 0 Å². The molecule has 104 valence electrons. The number of likely N-dealkylation sites (tertiary alicyclic amines) is 1. The van der Waals surface area contributed by atoms with Gasteiger partial charge in [0.1, 0.15) is 0 Å². The fourth-order valence-corrected chi connectivity index (χ4v) is 4.03. The van der Waals surface area contributed by atoms with Crippen LogP contribution < -0.4 is 5.32 Å². The molecule has 2 heteroatoms. The first-order valence-corrected chi connectivity index (χ1v) is 7.74. The van der Waals surface area contributed by atoms with Crippen LogP contribution in [0.3, 0.4) is 0 Å². The molecular formula is C17H26N2. The highest BCUT2D eigenvalue weighted by molar-refractivity contribution is 5.28. The molecule has 1 aliphatic carbocycles. The number of benzene rings is 1. The van der Waals surface area contributed by atoms with Gasteiger partial charge in [0.15, 0.2) is 0 Å². The van der Waals surface area contributed by atoms with Gasteiger partial charge in [-0.2, -0.15) is 0 Å². The van der Waals surface area contributed by atoms with Crippen molar-refractivity contribution in [3.05, 3.63) is 35.4 Å². The zero-order valence-corrected chi connectivity index (χ0v) is 12.2. The number of rotatable bonds is 5. The number of aryl methyl sites for hydroxylation is 1. The van der Waals surface area contributed by atoms with Crippen LogP contribution in [0.25, 0.3) is 0 Å². The quantitative estimate of drug-likeness (QED) is 0.873. The molecule has 3 unspecified atom stereocenters. The van der Waals surface area contributed by atoms with Crippen LogP contribution in [0.1, 0.15) is 42.9 Å². The van der Waals surface area contributed by atoms with E-state index in [0.29, 0.717) is 6.04 Å². The number of hydrogen-bond donors (Lipinski definition) is 1. The minimum absolute atomic E-state index is 0.500. The van der Waals surface area contributed by atoms with Gasteiger partial charge in [-0.3, -0.25) is 0 Å². The summed E-state index contributed by atoms with van der Waals surface area (Å²) in [6.45, 7) is 4.83.